The molecule has 1 aromatic heterocycles. The first-order valence-electron chi connectivity index (χ1n) is 12.1. The summed E-state index contributed by atoms with van der Waals surface area (Å²) in [4.78, 5) is 7.08. The molecule has 0 saturated heterocycles. The molecule has 0 spiro atoms. The molecule has 0 radical (unpaired) electrons. The van der Waals surface area contributed by atoms with Gasteiger partial charge < -0.3 is 4.90 Å². The minimum absolute atomic E-state index is 0.953. The highest BCUT2D eigenvalue weighted by Gasteiger charge is 2.19. The van der Waals surface area contributed by atoms with Gasteiger partial charge in [-0.1, -0.05) is 91.9 Å². The Morgan fingerprint density at radius 3 is 1.80 bits per heavy atom. The van der Waals surface area contributed by atoms with Gasteiger partial charge in [0.2, 0.25) is 0 Å². The van der Waals surface area contributed by atoms with Crippen LogP contribution < -0.4 is 4.90 Å². The Bertz CT molecular complexity index is 1550. The maximum atomic E-state index is 4.68. The number of nitrogens with zero attached hydrogens (tertiary/aromatic N) is 2. The summed E-state index contributed by atoms with van der Waals surface area (Å²) in [5.41, 5.74) is 6.92. The number of rotatable bonds is 5. The molecule has 0 fully saturated rings. The van der Waals surface area contributed by atoms with Crippen LogP contribution >= 0.6 is 0 Å². The highest BCUT2D eigenvalue weighted by atomic mass is 15.1. The maximum Gasteiger partial charge on any atom is 0.0705 e. The fraction of sp³-hybridized carbons (Fsp3) is 0.0606. The lowest BCUT2D eigenvalue weighted by Crippen LogP contribution is -2.11. The first kappa shape index (κ1) is 21.1. The van der Waals surface area contributed by atoms with E-state index in [-0.39, 0.29) is 0 Å². The summed E-state index contributed by atoms with van der Waals surface area (Å²) in [5.74, 6) is 0. The quantitative estimate of drug-likeness (QED) is 0.260. The smallest absolute Gasteiger partial charge is 0.0705 e. The van der Waals surface area contributed by atoms with Gasteiger partial charge in [-0.25, -0.2) is 0 Å². The topological polar surface area (TPSA) is 16.1 Å². The van der Waals surface area contributed by atoms with Crippen LogP contribution in [0.5, 0.6) is 0 Å². The van der Waals surface area contributed by atoms with E-state index in [1.165, 1.54) is 32.7 Å². The molecule has 0 aliphatic rings. The predicted molar refractivity (Wildman–Crippen MR) is 149 cm³/mol. The van der Waals surface area contributed by atoms with Crippen LogP contribution in [0.25, 0.3) is 32.8 Å². The molecular weight excluding hydrogens is 424 g/mol. The molecule has 0 amide bonds. The summed E-state index contributed by atoms with van der Waals surface area (Å²) in [6, 6.07) is 43.2. The number of hydrogen-bond donors (Lipinski definition) is 0. The first-order chi connectivity index (χ1) is 17.3. The normalized spacial score (nSPS) is 11.1. The van der Waals surface area contributed by atoms with Crippen LogP contribution in [-0.2, 0) is 6.42 Å². The molecule has 6 aromatic rings. The molecule has 35 heavy (non-hydrogen) atoms. The number of hydrogen-bond acceptors (Lipinski definition) is 2. The minimum atomic E-state index is 0.953. The lowest BCUT2D eigenvalue weighted by molar-refractivity contribution is 1.13. The predicted octanol–water partition coefficient (Wildman–Crippen LogP) is 9.09. The third-order valence-electron chi connectivity index (χ3n) is 6.69. The molecule has 0 atom stereocenters. The third-order valence-corrected chi connectivity index (χ3v) is 6.69. The van der Waals surface area contributed by atoms with Crippen molar-refractivity contribution in [3.05, 3.63) is 133 Å². The fourth-order valence-electron chi connectivity index (χ4n) is 4.99. The SMILES string of the molecule is CCc1ccc(N(c2cccc3ccccc23)c2cccc3ccccc23)cc1-c1ccccn1. The average Bonchev–Trinajstić information content (AvgIpc) is 2.94. The second-order valence-electron chi connectivity index (χ2n) is 8.74. The molecular formula is C33H26N2. The Balaban J connectivity index is 1.66. The molecule has 168 valence electrons. The van der Waals surface area contributed by atoms with Gasteiger partial charge >= 0.3 is 0 Å². The van der Waals surface area contributed by atoms with Gasteiger partial charge in [-0.05, 0) is 59.2 Å². The average molecular weight is 451 g/mol. The Labute approximate surface area is 206 Å². The summed E-state index contributed by atoms with van der Waals surface area (Å²) in [5, 5.41) is 4.90. The molecule has 0 aliphatic carbocycles. The van der Waals surface area contributed by atoms with Gasteiger partial charge in [0, 0.05) is 28.2 Å². The van der Waals surface area contributed by atoms with E-state index >= 15 is 0 Å². The van der Waals surface area contributed by atoms with E-state index in [1.807, 2.05) is 12.3 Å². The first-order valence-corrected chi connectivity index (χ1v) is 12.1. The number of aromatic nitrogens is 1. The van der Waals surface area contributed by atoms with E-state index in [0.717, 1.165) is 29.2 Å². The van der Waals surface area contributed by atoms with Crippen molar-refractivity contribution in [3.63, 3.8) is 0 Å². The molecule has 0 aliphatic heterocycles. The number of anilines is 3. The van der Waals surface area contributed by atoms with Crippen molar-refractivity contribution in [1.82, 2.24) is 4.98 Å². The summed E-state index contributed by atoms with van der Waals surface area (Å²) in [7, 11) is 0. The standard InChI is InChI=1S/C33H26N2/c1-2-24-20-21-27(23-30(24)31-17-7-8-22-34-31)35(32-18-9-13-25-11-3-5-15-28(25)32)33-19-10-14-26-12-4-6-16-29(26)33/h3-23H,2H2,1H3. The van der Waals surface area contributed by atoms with Crippen LogP contribution in [0.4, 0.5) is 17.1 Å². The molecule has 0 saturated carbocycles. The summed E-state index contributed by atoms with van der Waals surface area (Å²) < 4.78 is 0. The molecule has 0 bridgehead atoms. The third kappa shape index (κ3) is 3.83. The lowest BCUT2D eigenvalue weighted by Gasteiger charge is -2.29. The Morgan fingerprint density at radius 2 is 1.20 bits per heavy atom. The van der Waals surface area contributed by atoms with Gasteiger partial charge in [0.1, 0.15) is 0 Å². The van der Waals surface area contributed by atoms with Crippen LogP contribution in [0.3, 0.4) is 0 Å². The van der Waals surface area contributed by atoms with Crippen LogP contribution in [0.2, 0.25) is 0 Å². The van der Waals surface area contributed by atoms with E-state index < -0.39 is 0 Å². The van der Waals surface area contributed by atoms with E-state index in [2.05, 4.69) is 132 Å². The van der Waals surface area contributed by atoms with Crippen molar-refractivity contribution in [2.24, 2.45) is 0 Å². The monoisotopic (exact) mass is 450 g/mol. The molecule has 0 unspecified atom stereocenters. The number of fused-ring (bicyclic) bond motifs is 2. The Kier molecular flexibility index (Phi) is 5.48. The number of aryl methyl sites for hydroxylation is 1. The Hall–Kier alpha value is -4.43. The molecule has 2 heteroatoms. The van der Waals surface area contributed by atoms with Crippen LogP contribution in [0.15, 0.2) is 128 Å². The van der Waals surface area contributed by atoms with E-state index in [9.17, 15) is 0 Å². The second-order valence-corrected chi connectivity index (χ2v) is 8.74. The lowest BCUT2D eigenvalue weighted by atomic mass is 9.99. The van der Waals surface area contributed by atoms with Crippen molar-refractivity contribution < 1.29 is 0 Å². The Morgan fingerprint density at radius 1 is 0.600 bits per heavy atom. The van der Waals surface area contributed by atoms with E-state index in [0.29, 0.717) is 0 Å². The molecule has 0 N–H and O–H groups in total. The van der Waals surface area contributed by atoms with E-state index in [4.69, 9.17) is 0 Å². The highest BCUT2D eigenvalue weighted by Crippen LogP contribution is 2.43. The fourth-order valence-corrected chi connectivity index (χ4v) is 4.99. The zero-order valence-electron chi connectivity index (χ0n) is 19.7. The van der Waals surface area contributed by atoms with Crippen molar-refractivity contribution in [3.8, 4) is 11.3 Å². The van der Waals surface area contributed by atoms with Gasteiger partial charge in [0.05, 0.1) is 17.1 Å². The minimum Gasteiger partial charge on any atom is -0.309 e. The summed E-state index contributed by atoms with van der Waals surface area (Å²) in [6.45, 7) is 2.20. The molecule has 6 rings (SSSR count). The van der Waals surface area contributed by atoms with Crippen molar-refractivity contribution in [2.45, 2.75) is 13.3 Å². The van der Waals surface area contributed by atoms with Crippen molar-refractivity contribution in [1.29, 1.82) is 0 Å². The zero-order chi connectivity index (χ0) is 23.6. The van der Waals surface area contributed by atoms with Gasteiger partial charge in [0.15, 0.2) is 0 Å². The van der Waals surface area contributed by atoms with Crippen molar-refractivity contribution in [2.75, 3.05) is 4.90 Å². The second kappa shape index (κ2) is 9.08. The van der Waals surface area contributed by atoms with Gasteiger partial charge in [-0.3, -0.25) is 4.98 Å². The van der Waals surface area contributed by atoms with Gasteiger partial charge in [0.25, 0.3) is 0 Å². The van der Waals surface area contributed by atoms with Crippen LogP contribution in [0, 0.1) is 0 Å². The van der Waals surface area contributed by atoms with E-state index in [1.54, 1.807) is 0 Å². The summed E-state index contributed by atoms with van der Waals surface area (Å²) >= 11 is 0. The summed E-state index contributed by atoms with van der Waals surface area (Å²) in [6.07, 6.45) is 2.82. The van der Waals surface area contributed by atoms with Crippen LogP contribution in [0.1, 0.15) is 12.5 Å². The molecule has 5 aromatic carbocycles. The zero-order valence-corrected chi connectivity index (χ0v) is 19.7. The largest absolute Gasteiger partial charge is 0.309 e. The van der Waals surface area contributed by atoms with Crippen LogP contribution in [-0.4, -0.2) is 4.98 Å². The highest BCUT2D eigenvalue weighted by molar-refractivity contribution is 6.04. The van der Waals surface area contributed by atoms with Gasteiger partial charge in [-0.2, -0.15) is 0 Å². The van der Waals surface area contributed by atoms with Crippen molar-refractivity contribution >= 4 is 38.6 Å². The van der Waals surface area contributed by atoms with Gasteiger partial charge in [-0.15, -0.1) is 0 Å². The number of benzene rings is 5. The molecule has 1 heterocycles. The molecule has 2 nitrogen and oxygen atoms in total. The number of pyridine rings is 1. The maximum absolute atomic E-state index is 4.68.